The van der Waals surface area contributed by atoms with Crippen molar-refractivity contribution in [1.29, 1.82) is 0 Å². The molecule has 0 saturated heterocycles. The molecule has 0 aliphatic heterocycles. The van der Waals surface area contributed by atoms with Gasteiger partial charge in [0.15, 0.2) is 18.2 Å². The Morgan fingerprint density at radius 3 is 2.82 bits per heavy atom. The SMILES string of the molecule is CCCN(Cc1nc2cc(Cl)ccc2c(=O)[nH]1)C(=O)COc1ccccc1F. The quantitative estimate of drug-likeness (QED) is 0.654. The highest BCUT2D eigenvalue weighted by molar-refractivity contribution is 6.31. The first kappa shape index (κ1) is 19.8. The summed E-state index contributed by atoms with van der Waals surface area (Å²) in [6.45, 7) is 2.15. The Labute approximate surface area is 165 Å². The molecule has 1 heterocycles. The molecule has 0 radical (unpaired) electrons. The van der Waals surface area contributed by atoms with Crippen molar-refractivity contribution >= 4 is 28.4 Å². The highest BCUT2D eigenvalue weighted by Gasteiger charge is 2.17. The highest BCUT2D eigenvalue weighted by Crippen LogP contribution is 2.16. The average molecular weight is 404 g/mol. The fraction of sp³-hybridized carbons (Fsp3) is 0.250. The van der Waals surface area contributed by atoms with Gasteiger partial charge in [0, 0.05) is 11.6 Å². The molecule has 3 rings (SSSR count). The van der Waals surface area contributed by atoms with Crippen molar-refractivity contribution in [2.45, 2.75) is 19.9 Å². The molecule has 0 spiro atoms. The molecule has 0 saturated carbocycles. The fourth-order valence-electron chi connectivity index (χ4n) is 2.77. The predicted octanol–water partition coefficient (Wildman–Crippen LogP) is 3.53. The topological polar surface area (TPSA) is 75.3 Å². The number of carbonyl (C=O) groups is 1. The average Bonchev–Trinajstić information content (AvgIpc) is 2.66. The first-order valence-corrected chi connectivity index (χ1v) is 9.19. The molecular weight excluding hydrogens is 385 g/mol. The van der Waals surface area contributed by atoms with Crippen LogP contribution in [0.15, 0.2) is 47.3 Å². The number of benzene rings is 2. The van der Waals surface area contributed by atoms with Crippen molar-refractivity contribution in [3.05, 3.63) is 69.5 Å². The number of nitrogens with one attached hydrogen (secondary N) is 1. The molecule has 2 aromatic carbocycles. The number of aromatic nitrogens is 2. The lowest BCUT2D eigenvalue weighted by molar-refractivity contribution is -0.134. The van der Waals surface area contributed by atoms with E-state index in [1.165, 1.54) is 17.0 Å². The van der Waals surface area contributed by atoms with E-state index >= 15 is 0 Å². The molecule has 28 heavy (non-hydrogen) atoms. The number of aromatic amines is 1. The molecule has 0 atom stereocenters. The maximum Gasteiger partial charge on any atom is 0.260 e. The zero-order chi connectivity index (χ0) is 20.1. The summed E-state index contributed by atoms with van der Waals surface area (Å²) in [6, 6.07) is 10.7. The van der Waals surface area contributed by atoms with Crippen LogP contribution in [0.5, 0.6) is 5.75 Å². The minimum absolute atomic E-state index is 0.0131. The third-order valence-corrected chi connectivity index (χ3v) is 4.33. The van der Waals surface area contributed by atoms with Gasteiger partial charge in [0.05, 0.1) is 17.4 Å². The van der Waals surface area contributed by atoms with Crippen LogP contribution in [0, 0.1) is 5.82 Å². The lowest BCUT2D eigenvalue weighted by atomic mass is 10.2. The molecule has 0 unspecified atom stereocenters. The van der Waals surface area contributed by atoms with Crippen molar-refractivity contribution in [2.24, 2.45) is 0 Å². The summed E-state index contributed by atoms with van der Waals surface area (Å²) >= 11 is 5.98. The Hall–Kier alpha value is -2.93. The molecule has 0 bridgehead atoms. The van der Waals surface area contributed by atoms with Gasteiger partial charge in [0.2, 0.25) is 0 Å². The number of fused-ring (bicyclic) bond motifs is 1. The van der Waals surface area contributed by atoms with Crippen molar-refractivity contribution in [1.82, 2.24) is 14.9 Å². The highest BCUT2D eigenvalue weighted by atomic mass is 35.5. The molecule has 8 heteroatoms. The third-order valence-electron chi connectivity index (χ3n) is 4.09. The number of halogens is 2. The number of H-pyrrole nitrogens is 1. The van der Waals surface area contributed by atoms with Gasteiger partial charge in [-0.3, -0.25) is 9.59 Å². The summed E-state index contributed by atoms with van der Waals surface area (Å²) in [5.41, 5.74) is 0.154. The zero-order valence-electron chi connectivity index (χ0n) is 15.2. The standard InChI is InChI=1S/C20H19ClFN3O3/c1-2-9-25(19(26)12-28-17-6-4-3-5-15(17)22)11-18-23-16-10-13(21)7-8-14(16)20(27)24-18/h3-8,10H,2,9,11-12H2,1H3,(H,23,24,27). The number of para-hydroxylation sites is 1. The second kappa shape index (κ2) is 8.84. The largest absolute Gasteiger partial charge is 0.481 e. The van der Waals surface area contributed by atoms with Crippen LogP contribution >= 0.6 is 11.6 Å². The molecule has 0 aliphatic carbocycles. The summed E-state index contributed by atoms with van der Waals surface area (Å²) in [5.74, 6) is -0.514. The van der Waals surface area contributed by atoms with Gasteiger partial charge in [0.1, 0.15) is 5.82 Å². The van der Waals surface area contributed by atoms with Gasteiger partial charge >= 0.3 is 0 Å². The lowest BCUT2D eigenvalue weighted by Crippen LogP contribution is -2.36. The fourth-order valence-corrected chi connectivity index (χ4v) is 2.94. The molecule has 3 aromatic rings. The first-order valence-electron chi connectivity index (χ1n) is 8.81. The van der Waals surface area contributed by atoms with E-state index < -0.39 is 5.82 Å². The van der Waals surface area contributed by atoms with Crippen molar-refractivity contribution in [3.8, 4) is 5.75 Å². The maximum absolute atomic E-state index is 13.7. The van der Waals surface area contributed by atoms with E-state index in [2.05, 4.69) is 9.97 Å². The van der Waals surface area contributed by atoms with E-state index in [9.17, 15) is 14.0 Å². The van der Waals surface area contributed by atoms with E-state index in [1.54, 1.807) is 30.3 Å². The molecule has 1 amide bonds. The van der Waals surface area contributed by atoms with E-state index in [0.29, 0.717) is 34.7 Å². The Bertz CT molecular complexity index is 1050. The number of hydrogen-bond acceptors (Lipinski definition) is 4. The van der Waals surface area contributed by atoms with Gasteiger partial charge in [0.25, 0.3) is 11.5 Å². The van der Waals surface area contributed by atoms with Crippen LogP contribution in [0.4, 0.5) is 4.39 Å². The predicted molar refractivity (Wildman–Crippen MR) is 105 cm³/mol. The lowest BCUT2D eigenvalue weighted by Gasteiger charge is -2.22. The summed E-state index contributed by atoms with van der Waals surface area (Å²) in [5, 5.41) is 0.890. The van der Waals surface area contributed by atoms with Crippen LogP contribution in [-0.2, 0) is 11.3 Å². The molecule has 6 nitrogen and oxygen atoms in total. The van der Waals surface area contributed by atoms with E-state index in [4.69, 9.17) is 16.3 Å². The van der Waals surface area contributed by atoms with Gasteiger partial charge in [-0.05, 0) is 36.8 Å². The maximum atomic E-state index is 13.7. The van der Waals surface area contributed by atoms with Crippen LogP contribution < -0.4 is 10.3 Å². The number of amides is 1. The Balaban J connectivity index is 1.77. The van der Waals surface area contributed by atoms with Gasteiger partial charge < -0.3 is 14.6 Å². The first-order chi connectivity index (χ1) is 13.5. The summed E-state index contributed by atoms with van der Waals surface area (Å²) in [7, 11) is 0. The summed E-state index contributed by atoms with van der Waals surface area (Å²) < 4.78 is 18.9. The Morgan fingerprint density at radius 2 is 2.07 bits per heavy atom. The monoisotopic (exact) mass is 403 g/mol. The molecule has 1 N–H and O–H groups in total. The van der Waals surface area contributed by atoms with Gasteiger partial charge in [-0.15, -0.1) is 0 Å². The minimum Gasteiger partial charge on any atom is -0.481 e. The number of nitrogens with zero attached hydrogens (tertiary/aromatic N) is 2. The van der Waals surface area contributed by atoms with Crippen LogP contribution in [0.25, 0.3) is 10.9 Å². The molecule has 0 fully saturated rings. The Kier molecular flexibility index (Phi) is 6.26. The van der Waals surface area contributed by atoms with Gasteiger partial charge in [-0.25, -0.2) is 9.37 Å². The third kappa shape index (κ3) is 4.67. The zero-order valence-corrected chi connectivity index (χ0v) is 16.0. The molecular formula is C20H19ClFN3O3. The normalized spacial score (nSPS) is 10.8. The van der Waals surface area contributed by atoms with Crippen LogP contribution in [0.3, 0.4) is 0 Å². The van der Waals surface area contributed by atoms with Crippen LogP contribution in [0.1, 0.15) is 19.2 Å². The second-order valence-electron chi connectivity index (χ2n) is 6.21. The minimum atomic E-state index is -0.533. The number of hydrogen-bond donors (Lipinski definition) is 1. The molecule has 0 aliphatic rings. The van der Waals surface area contributed by atoms with E-state index in [-0.39, 0.29) is 30.4 Å². The van der Waals surface area contributed by atoms with Crippen molar-refractivity contribution in [2.75, 3.05) is 13.2 Å². The van der Waals surface area contributed by atoms with E-state index in [0.717, 1.165) is 0 Å². The summed E-state index contributed by atoms with van der Waals surface area (Å²) in [6.07, 6.45) is 0.703. The van der Waals surface area contributed by atoms with E-state index in [1.807, 2.05) is 6.92 Å². The molecule has 146 valence electrons. The van der Waals surface area contributed by atoms with Gasteiger partial charge in [-0.1, -0.05) is 30.7 Å². The van der Waals surface area contributed by atoms with Gasteiger partial charge in [-0.2, -0.15) is 0 Å². The van der Waals surface area contributed by atoms with Crippen LogP contribution in [-0.4, -0.2) is 33.9 Å². The number of ether oxygens (including phenoxy) is 1. The second-order valence-corrected chi connectivity index (χ2v) is 6.64. The number of rotatable bonds is 7. The Morgan fingerprint density at radius 1 is 1.29 bits per heavy atom. The number of carbonyl (C=O) groups excluding carboxylic acids is 1. The van der Waals surface area contributed by atoms with Crippen molar-refractivity contribution in [3.63, 3.8) is 0 Å². The smallest absolute Gasteiger partial charge is 0.260 e. The summed E-state index contributed by atoms with van der Waals surface area (Å²) in [4.78, 5) is 33.4. The van der Waals surface area contributed by atoms with Crippen molar-refractivity contribution < 1.29 is 13.9 Å². The molecule has 1 aromatic heterocycles. The van der Waals surface area contributed by atoms with Crippen LogP contribution in [0.2, 0.25) is 5.02 Å².